The maximum atomic E-state index is 13.3. The summed E-state index contributed by atoms with van der Waals surface area (Å²) in [6, 6.07) is 15.2. The molecule has 2 aromatic carbocycles. The van der Waals surface area contributed by atoms with Crippen molar-refractivity contribution in [2.45, 2.75) is 44.6 Å². The van der Waals surface area contributed by atoms with Crippen molar-refractivity contribution in [3.05, 3.63) is 64.7 Å². The molecule has 2 fully saturated rings. The van der Waals surface area contributed by atoms with Crippen LogP contribution in [0.25, 0.3) is 0 Å². The number of hydrogen-bond acceptors (Lipinski definition) is 5. The summed E-state index contributed by atoms with van der Waals surface area (Å²) in [5.74, 6) is 0.0411. The van der Waals surface area contributed by atoms with E-state index in [-0.39, 0.29) is 11.8 Å². The standard InChI is InChI=1S/C27H34N4O3S/c1-21-4-9-26(22(2)18-21)35(33,34)31-14-10-25(11-15-31)27(32)30-13-3-12-29(16-17-30)20-24-7-5-23(19-28)6-8-24/h4-9,18,25H,3,10-17,20H2,1-2H3. The predicted molar refractivity (Wildman–Crippen MR) is 135 cm³/mol. The molecule has 4 rings (SSSR count). The quantitative estimate of drug-likeness (QED) is 0.637. The molecule has 2 aromatic rings. The molecule has 0 aliphatic carbocycles. The Morgan fingerprint density at radius 3 is 2.34 bits per heavy atom. The summed E-state index contributed by atoms with van der Waals surface area (Å²) in [7, 11) is -3.55. The van der Waals surface area contributed by atoms with E-state index in [4.69, 9.17) is 5.26 Å². The average Bonchev–Trinajstić information content (AvgIpc) is 3.09. The maximum absolute atomic E-state index is 13.3. The Balaban J connectivity index is 1.30. The first-order valence-corrected chi connectivity index (χ1v) is 13.8. The zero-order valence-electron chi connectivity index (χ0n) is 20.6. The average molecular weight is 495 g/mol. The van der Waals surface area contributed by atoms with Crippen LogP contribution < -0.4 is 0 Å². The lowest BCUT2D eigenvalue weighted by molar-refractivity contribution is -0.136. The number of hydrogen-bond donors (Lipinski definition) is 0. The van der Waals surface area contributed by atoms with Crippen molar-refractivity contribution in [1.82, 2.24) is 14.1 Å². The number of benzene rings is 2. The Morgan fingerprint density at radius 1 is 0.971 bits per heavy atom. The molecule has 0 aromatic heterocycles. The molecule has 7 nitrogen and oxygen atoms in total. The minimum absolute atomic E-state index is 0.120. The number of piperidine rings is 1. The van der Waals surface area contributed by atoms with Gasteiger partial charge in [-0.3, -0.25) is 9.69 Å². The molecule has 1 amide bonds. The summed E-state index contributed by atoms with van der Waals surface area (Å²) < 4.78 is 27.9. The van der Waals surface area contributed by atoms with E-state index in [0.29, 0.717) is 42.9 Å². The summed E-state index contributed by atoms with van der Waals surface area (Å²) in [4.78, 5) is 18.0. The van der Waals surface area contributed by atoms with E-state index in [1.165, 1.54) is 9.87 Å². The number of aryl methyl sites for hydroxylation is 2. The van der Waals surface area contributed by atoms with Crippen molar-refractivity contribution in [3.8, 4) is 6.07 Å². The third kappa shape index (κ3) is 5.92. The summed E-state index contributed by atoms with van der Waals surface area (Å²) in [6.07, 6.45) is 2.05. The topological polar surface area (TPSA) is 84.7 Å². The van der Waals surface area contributed by atoms with E-state index in [2.05, 4.69) is 11.0 Å². The van der Waals surface area contributed by atoms with Gasteiger partial charge in [-0.05, 0) is 62.4 Å². The van der Waals surface area contributed by atoms with E-state index < -0.39 is 10.0 Å². The second-order valence-electron chi connectivity index (χ2n) is 9.71. The lowest BCUT2D eigenvalue weighted by Crippen LogP contribution is -2.45. The summed E-state index contributed by atoms with van der Waals surface area (Å²) in [5.41, 5.74) is 3.63. The number of carbonyl (C=O) groups is 1. The predicted octanol–water partition coefficient (Wildman–Crippen LogP) is 3.31. The fourth-order valence-electron chi connectivity index (χ4n) is 5.12. The Bertz CT molecular complexity index is 1200. The van der Waals surface area contributed by atoms with E-state index in [1.54, 1.807) is 6.07 Å². The second-order valence-corrected chi connectivity index (χ2v) is 11.6. The SMILES string of the molecule is Cc1ccc(S(=O)(=O)N2CCC(C(=O)N3CCCN(Cc4ccc(C#N)cc4)CC3)CC2)c(C)c1. The van der Waals surface area contributed by atoms with Crippen LogP contribution in [-0.2, 0) is 21.4 Å². The van der Waals surface area contributed by atoms with Gasteiger partial charge in [0.1, 0.15) is 0 Å². The van der Waals surface area contributed by atoms with Crippen molar-refractivity contribution in [2.75, 3.05) is 39.3 Å². The highest BCUT2D eigenvalue weighted by molar-refractivity contribution is 7.89. The van der Waals surface area contributed by atoms with Gasteiger partial charge in [0.15, 0.2) is 0 Å². The van der Waals surface area contributed by atoms with Crippen LogP contribution in [0, 0.1) is 31.1 Å². The Kier molecular flexibility index (Phi) is 7.90. The van der Waals surface area contributed by atoms with Crippen LogP contribution in [0.5, 0.6) is 0 Å². The molecule has 0 spiro atoms. The van der Waals surface area contributed by atoms with Crippen molar-refractivity contribution in [2.24, 2.45) is 5.92 Å². The third-order valence-corrected chi connectivity index (χ3v) is 9.20. The number of rotatable bonds is 5. The van der Waals surface area contributed by atoms with Gasteiger partial charge in [0.05, 0.1) is 16.5 Å². The van der Waals surface area contributed by atoms with Crippen molar-refractivity contribution in [3.63, 3.8) is 0 Å². The van der Waals surface area contributed by atoms with Gasteiger partial charge in [0.25, 0.3) is 0 Å². The van der Waals surface area contributed by atoms with Gasteiger partial charge in [-0.15, -0.1) is 0 Å². The second kappa shape index (κ2) is 10.9. The maximum Gasteiger partial charge on any atom is 0.243 e. The van der Waals surface area contributed by atoms with Crippen molar-refractivity contribution < 1.29 is 13.2 Å². The van der Waals surface area contributed by atoms with Gasteiger partial charge in [0.2, 0.25) is 15.9 Å². The van der Waals surface area contributed by atoms with Crippen molar-refractivity contribution in [1.29, 1.82) is 5.26 Å². The van der Waals surface area contributed by atoms with Gasteiger partial charge < -0.3 is 4.90 Å². The monoisotopic (exact) mass is 494 g/mol. The summed E-state index contributed by atoms with van der Waals surface area (Å²) in [5, 5.41) is 8.97. The molecule has 8 heteroatoms. The highest BCUT2D eigenvalue weighted by atomic mass is 32.2. The van der Waals surface area contributed by atoms with Crippen LogP contribution in [0.4, 0.5) is 0 Å². The van der Waals surface area contributed by atoms with E-state index >= 15 is 0 Å². The first-order valence-electron chi connectivity index (χ1n) is 12.4. The van der Waals surface area contributed by atoms with Crippen LogP contribution in [0.3, 0.4) is 0 Å². The number of sulfonamides is 1. The van der Waals surface area contributed by atoms with Crippen LogP contribution in [-0.4, -0.2) is 67.7 Å². The lowest BCUT2D eigenvalue weighted by Gasteiger charge is -2.33. The molecule has 2 saturated heterocycles. The third-order valence-electron chi connectivity index (χ3n) is 7.14. The first-order chi connectivity index (χ1) is 16.8. The van der Waals surface area contributed by atoms with Gasteiger partial charge >= 0.3 is 0 Å². The van der Waals surface area contributed by atoms with Gasteiger partial charge in [-0.2, -0.15) is 9.57 Å². The molecule has 2 aliphatic heterocycles. The molecule has 0 radical (unpaired) electrons. The molecule has 2 heterocycles. The highest BCUT2D eigenvalue weighted by Gasteiger charge is 2.34. The zero-order chi connectivity index (χ0) is 25.0. The van der Waals surface area contributed by atoms with Crippen LogP contribution in [0.2, 0.25) is 0 Å². The van der Waals surface area contributed by atoms with Gasteiger partial charge in [0, 0.05) is 51.7 Å². The smallest absolute Gasteiger partial charge is 0.243 e. The lowest BCUT2D eigenvalue weighted by atomic mass is 9.96. The normalized spacial score (nSPS) is 18.7. The molecule has 2 aliphatic rings. The number of nitrogens with zero attached hydrogens (tertiary/aromatic N) is 4. The molecule has 0 atom stereocenters. The van der Waals surface area contributed by atoms with Crippen LogP contribution in [0.1, 0.15) is 41.5 Å². The highest BCUT2D eigenvalue weighted by Crippen LogP contribution is 2.27. The molecule has 0 N–H and O–H groups in total. The van der Waals surface area contributed by atoms with E-state index in [1.807, 2.05) is 55.1 Å². The molecule has 0 bridgehead atoms. The fourth-order valence-corrected chi connectivity index (χ4v) is 6.80. The number of amides is 1. The minimum atomic E-state index is -3.55. The van der Waals surface area contributed by atoms with Gasteiger partial charge in [-0.1, -0.05) is 29.8 Å². The largest absolute Gasteiger partial charge is 0.341 e. The first kappa shape index (κ1) is 25.4. The van der Waals surface area contributed by atoms with E-state index in [9.17, 15) is 13.2 Å². The molecule has 0 saturated carbocycles. The summed E-state index contributed by atoms with van der Waals surface area (Å²) >= 11 is 0. The Morgan fingerprint density at radius 2 is 1.69 bits per heavy atom. The summed E-state index contributed by atoms with van der Waals surface area (Å²) in [6.45, 7) is 8.52. The van der Waals surface area contributed by atoms with Gasteiger partial charge in [-0.25, -0.2) is 8.42 Å². The molecule has 186 valence electrons. The fraction of sp³-hybridized carbons (Fsp3) is 0.481. The number of carbonyl (C=O) groups excluding carboxylic acids is 1. The van der Waals surface area contributed by atoms with Crippen LogP contribution >= 0.6 is 0 Å². The Labute approximate surface area is 209 Å². The molecule has 0 unspecified atom stereocenters. The Hall–Kier alpha value is -2.73. The number of nitriles is 1. The van der Waals surface area contributed by atoms with E-state index in [0.717, 1.165) is 43.7 Å². The van der Waals surface area contributed by atoms with Crippen LogP contribution in [0.15, 0.2) is 47.4 Å². The van der Waals surface area contributed by atoms with Crippen molar-refractivity contribution >= 4 is 15.9 Å². The molecule has 35 heavy (non-hydrogen) atoms. The molecular weight excluding hydrogens is 460 g/mol. The molecular formula is C27H34N4O3S. The minimum Gasteiger partial charge on any atom is -0.341 e. The zero-order valence-corrected chi connectivity index (χ0v) is 21.4.